The van der Waals surface area contributed by atoms with Crippen molar-refractivity contribution in [2.45, 2.75) is 31.2 Å². The molecule has 2 aliphatic heterocycles. The number of nitrogens with one attached hydrogen (secondary N) is 2. The van der Waals surface area contributed by atoms with Crippen LogP contribution in [0.15, 0.2) is 23.1 Å². The average molecular weight is 469 g/mol. The number of carbonyl (C=O) groups is 3. The topological polar surface area (TPSA) is 134 Å². The van der Waals surface area contributed by atoms with Crippen molar-refractivity contribution in [3.05, 3.63) is 18.2 Å². The van der Waals surface area contributed by atoms with Crippen molar-refractivity contribution in [2.75, 3.05) is 45.3 Å². The van der Waals surface area contributed by atoms with Crippen LogP contribution in [0.25, 0.3) is 0 Å². The Morgan fingerprint density at radius 1 is 1.28 bits per heavy atom. The van der Waals surface area contributed by atoms with Crippen LogP contribution in [-0.2, 0) is 24.3 Å². The predicted molar refractivity (Wildman–Crippen MR) is 115 cm³/mol. The van der Waals surface area contributed by atoms with Gasteiger partial charge in [-0.3, -0.25) is 14.5 Å². The van der Waals surface area contributed by atoms with Crippen molar-refractivity contribution in [2.24, 2.45) is 5.92 Å². The van der Waals surface area contributed by atoms with E-state index in [-0.39, 0.29) is 35.3 Å². The normalized spacial score (nSPS) is 19.9. The monoisotopic (exact) mass is 468 g/mol. The molecule has 0 bridgehead atoms. The van der Waals surface area contributed by atoms with Gasteiger partial charge in [0.05, 0.1) is 30.9 Å². The number of urea groups is 1. The van der Waals surface area contributed by atoms with Crippen molar-refractivity contribution >= 4 is 33.6 Å². The molecule has 2 heterocycles. The highest BCUT2D eigenvalue weighted by Gasteiger charge is 2.39. The molecule has 0 aromatic heterocycles. The largest absolute Gasteiger partial charge is 0.495 e. The number of morpholine rings is 1. The fraction of sp³-hybridized carbons (Fsp3) is 0.550. The number of carbonyl (C=O) groups excluding carboxylic acids is 3. The Balaban J connectivity index is 1.75. The Bertz CT molecular complexity index is 990. The number of hydrogen-bond donors (Lipinski definition) is 2. The van der Waals surface area contributed by atoms with Gasteiger partial charge in [-0.05, 0) is 30.5 Å². The summed E-state index contributed by atoms with van der Waals surface area (Å²) < 4.78 is 37.6. The molecular formula is C20H28N4O7S. The van der Waals surface area contributed by atoms with E-state index < -0.39 is 40.5 Å². The van der Waals surface area contributed by atoms with E-state index in [1.165, 1.54) is 29.6 Å². The number of amides is 4. The lowest BCUT2D eigenvalue weighted by atomic mass is 10.0. The van der Waals surface area contributed by atoms with Crippen LogP contribution in [0.2, 0.25) is 0 Å². The maximum absolute atomic E-state index is 12.9. The van der Waals surface area contributed by atoms with Gasteiger partial charge in [0.2, 0.25) is 15.9 Å². The van der Waals surface area contributed by atoms with Crippen molar-refractivity contribution in [3.8, 4) is 5.75 Å². The molecule has 12 heteroatoms. The molecule has 0 radical (unpaired) electrons. The third-order valence-corrected chi connectivity index (χ3v) is 7.06. The van der Waals surface area contributed by atoms with E-state index in [0.717, 1.165) is 4.90 Å². The van der Waals surface area contributed by atoms with Crippen LogP contribution < -0.4 is 15.4 Å². The zero-order valence-electron chi connectivity index (χ0n) is 18.3. The smallest absolute Gasteiger partial charge is 0.325 e. The summed E-state index contributed by atoms with van der Waals surface area (Å²) >= 11 is 0. The number of ether oxygens (including phenoxy) is 2. The first-order chi connectivity index (χ1) is 15.1. The second kappa shape index (κ2) is 9.84. The summed E-state index contributed by atoms with van der Waals surface area (Å²) in [6.07, 6.45) is 0.470. The van der Waals surface area contributed by atoms with Crippen LogP contribution >= 0.6 is 0 Å². The zero-order valence-corrected chi connectivity index (χ0v) is 19.1. The van der Waals surface area contributed by atoms with Gasteiger partial charge in [-0.1, -0.05) is 13.8 Å². The maximum Gasteiger partial charge on any atom is 0.325 e. The third kappa shape index (κ3) is 5.19. The van der Waals surface area contributed by atoms with Gasteiger partial charge in [-0.25, -0.2) is 13.2 Å². The van der Waals surface area contributed by atoms with Gasteiger partial charge in [-0.15, -0.1) is 0 Å². The van der Waals surface area contributed by atoms with Crippen molar-refractivity contribution in [3.63, 3.8) is 0 Å². The van der Waals surface area contributed by atoms with Crippen LogP contribution in [0.5, 0.6) is 5.75 Å². The zero-order chi connectivity index (χ0) is 23.5. The number of methoxy groups -OCH3 is 1. The Labute approximate surface area is 187 Å². The van der Waals surface area contributed by atoms with E-state index in [1.807, 2.05) is 13.8 Å². The summed E-state index contributed by atoms with van der Waals surface area (Å²) in [7, 11) is -2.40. The lowest BCUT2D eigenvalue weighted by Crippen LogP contribution is -2.40. The van der Waals surface area contributed by atoms with E-state index in [2.05, 4.69) is 10.6 Å². The first kappa shape index (κ1) is 24.0. The SMILES string of the molecule is COc1ccc(S(=O)(=O)N2CCOCC2)cc1NC(=O)CN1C(=O)NC(CC(C)C)C1=O. The summed E-state index contributed by atoms with van der Waals surface area (Å²) in [5, 5.41) is 5.13. The molecule has 1 aromatic carbocycles. The van der Waals surface area contributed by atoms with Crippen molar-refractivity contribution < 1.29 is 32.3 Å². The molecule has 0 saturated carbocycles. The van der Waals surface area contributed by atoms with Gasteiger partial charge < -0.3 is 20.1 Å². The molecule has 176 valence electrons. The molecule has 1 unspecified atom stereocenters. The predicted octanol–water partition coefficient (Wildman–Crippen LogP) is 0.621. The van der Waals surface area contributed by atoms with E-state index in [4.69, 9.17) is 9.47 Å². The number of sulfonamides is 1. The van der Waals surface area contributed by atoms with Crippen LogP contribution in [0, 0.1) is 5.92 Å². The Morgan fingerprint density at radius 2 is 1.97 bits per heavy atom. The highest BCUT2D eigenvalue weighted by atomic mass is 32.2. The lowest BCUT2D eigenvalue weighted by molar-refractivity contribution is -0.131. The molecule has 2 saturated heterocycles. The van der Waals surface area contributed by atoms with E-state index >= 15 is 0 Å². The fourth-order valence-electron chi connectivity index (χ4n) is 3.57. The molecule has 4 amide bonds. The number of hydrogen-bond acceptors (Lipinski definition) is 7. The second-order valence-corrected chi connectivity index (χ2v) is 9.92. The Kier molecular flexibility index (Phi) is 7.36. The summed E-state index contributed by atoms with van der Waals surface area (Å²) in [5.41, 5.74) is 0.123. The molecule has 32 heavy (non-hydrogen) atoms. The molecule has 1 aromatic rings. The molecule has 11 nitrogen and oxygen atoms in total. The summed E-state index contributed by atoms with van der Waals surface area (Å²) in [6, 6.07) is 2.84. The van der Waals surface area contributed by atoms with Gasteiger partial charge in [0.1, 0.15) is 18.3 Å². The Hall–Kier alpha value is -2.70. The first-order valence-electron chi connectivity index (χ1n) is 10.3. The molecule has 2 aliphatic rings. The summed E-state index contributed by atoms with van der Waals surface area (Å²) in [6.45, 7) is 4.45. The number of benzene rings is 1. The maximum atomic E-state index is 12.9. The highest BCUT2D eigenvalue weighted by molar-refractivity contribution is 7.89. The minimum Gasteiger partial charge on any atom is -0.495 e. The van der Waals surface area contributed by atoms with Gasteiger partial charge in [0.25, 0.3) is 5.91 Å². The fourth-order valence-corrected chi connectivity index (χ4v) is 5.01. The number of rotatable bonds is 8. The van der Waals surface area contributed by atoms with E-state index in [0.29, 0.717) is 19.6 Å². The van der Waals surface area contributed by atoms with Crippen molar-refractivity contribution in [1.29, 1.82) is 0 Å². The first-order valence-corrected chi connectivity index (χ1v) is 11.7. The molecule has 2 fully saturated rings. The van der Waals surface area contributed by atoms with Crippen molar-refractivity contribution in [1.82, 2.24) is 14.5 Å². The number of nitrogens with zero attached hydrogens (tertiary/aromatic N) is 2. The van der Waals surface area contributed by atoms with Crippen LogP contribution in [-0.4, -0.2) is 81.5 Å². The molecule has 2 N–H and O–H groups in total. The minimum absolute atomic E-state index is 0.0116. The van der Waals surface area contributed by atoms with Crippen LogP contribution in [0.3, 0.4) is 0 Å². The quantitative estimate of drug-likeness (QED) is 0.534. The van der Waals surface area contributed by atoms with Gasteiger partial charge >= 0.3 is 6.03 Å². The molecule has 1 atom stereocenters. The molecule has 0 spiro atoms. The highest BCUT2D eigenvalue weighted by Crippen LogP contribution is 2.29. The Morgan fingerprint density at radius 3 is 2.59 bits per heavy atom. The van der Waals surface area contributed by atoms with Gasteiger partial charge in [0, 0.05) is 13.1 Å². The summed E-state index contributed by atoms with van der Waals surface area (Å²) in [4.78, 5) is 38.0. The van der Waals surface area contributed by atoms with Gasteiger partial charge in [-0.2, -0.15) is 4.31 Å². The standard InChI is InChI=1S/C20H28N4O7S/c1-13(2)10-16-19(26)24(20(27)22-16)12-18(25)21-15-11-14(4-5-17(15)30-3)32(28,29)23-6-8-31-9-7-23/h4-5,11,13,16H,6-10,12H2,1-3H3,(H,21,25)(H,22,27). The average Bonchev–Trinajstić information content (AvgIpc) is 3.01. The molecule has 3 rings (SSSR count). The van der Waals surface area contributed by atoms with E-state index in [1.54, 1.807) is 0 Å². The molecule has 0 aliphatic carbocycles. The third-order valence-electron chi connectivity index (χ3n) is 5.17. The lowest BCUT2D eigenvalue weighted by Gasteiger charge is -2.26. The van der Waals surface area contributed by atoms with E-state index in [9.17, 15) is 22.8 Å². The van der Waals surface area contributed by atoms with Crippen LogP contribution in [0.1, 0.15) is 20.3 Å². The second-order valence-electron chi connectivity index (χ2n) is 7.98. The van der Waals surface area contributed by atoms with Gasteiger partial charge in [0.15, 0.2) is 0 Å². The number of anilines is 1. The molecular weight excluding hydrogens is 440 g/mol. The minimum atomic E-state index is -3.79. The summed E-state index contributed by atoms with van der Waals surface area (Å²) in [5.74, 6) is -0.681. The van der Waals surface area contributed by atoms with Crippen LogP contribution in [0.4, 0.5) is 10.5 Å². The number of imide groups is 1.